The normalized spacial score (nSPS) is 10.4. The first-order valence-electron chi connectivity index (χ1n) is 5.15. The Morgan fingerprint density at radius 1 is 1.24 bits per heavy atom. The Kier molecular flexibility index (Phi) is 4.12. The molecule has 0 radical (unpaired) electrons. The van der Waals surface area contributed by atoms with Crippen molar-refractivity contribution in [2.24, 2.45) is 0 Å². The second kappa shape index (κ2) is 5.80. The van der Waals surface area contributed by atoms with Gasteiger partial charge in [-0.05, 0) is 18.2 Å². The molecule has 0 saturated heterocycles. The van der Waals surface area contributed by atoms with Crippen LogP contribution < -0.4 is 0 Å². The number of benzene rings is 1. The molecule has 3 nitrogen and oxygen atoms in total. The van der Waals surface area contributed by atoms with Crippen LogP contribution in [0, 0.1) is 0 Å². The fraction of sp³-hybridized carbons (Fsp3) is 0.154. The first-order valence-corrected chi connectivity index (χ1v) is 5.94. The first kappa shape index (κ1) is 12.1. The van der Waals surface area contributed by atoms with Gasteiger partial charge in [0.25, 0.3) is 0 Å². The van der Waals surface area contributed by atoms with Crippen LogP contribution in [0.4, 0.5) is 0 Å². The second-order valence-electron chi connectivity index (χ2n) is 3.48. The topological polar surface area (TPSA) is 39.4 Å². The third-order valence-corrected chi connectivity index (χ3v) is 2.92. The van der Waals surface area contributed by atoms with Gasteiger partial charge in [-0.25, -0.2) is 0 Å². The van der Waals surface area contributed by atoms with Crippen LogP contribution in [0.15, 0.2) is 51.6 Å². The number of carbonyl (C=O) groups is 1. The van der Waals surface area contributed by atoms with E-state index in [9.17, 15) is 4.79 Å². The van der Waals surface area contributed by atoms with Crippen molar-refractivity contribution in [2.45, 2.75) is 6.61 Å². The lowest BCUT2D eigenvalue weighted by Gasteiger charge is -2.03. The lowest BCUT2D eigenvalue weighted by atomic mass is 10.1. The van der Waals surface area contributed by atoms with Gasteiger partial charge in [0.2, 0.25) is 0 Å². The molecule has 0 saturated carbocycles. The summed E-state index contributed by atoms with van der Waals surface area (Å²) in [7, 11) is 0. The highest BCUT2D eigenvalue weighted by atomic mass is 79.9. The average Bonchev–Trinajstić information content (AvgIpc) is 2.82. The van der Waals surface area contributed by atoms with Crippen LogP contribution in [0.1, 0.15) is 16.1 Å². The molecule has 0 spiro atoms. The van der Waals surface area contributed by atoms with E-state index >= 15 is 0 Å². The van der Waals surface area contributed by atoms with Gasteiger partial charge >= 0.3 is 0 Å². The Balaban J connectivity index is 1.88. The van der Waals surface area contributed by atoms with Crippen LogP contribution in [0.3, 0.4) is 0 Å². The summed E-state index contributed by atoms with van der Waals surface area (Å²) in [6, 6.07) is 10.9. The van der Waals surface area contributed by atoms with Gasteiger partial charge in [0, 0.05) is 10.0 Å². The Labute approximate surface area is 108 Å². The zero-order valence-corrected chi connectivity index (χ0v) is 10.6. The molecule has 2 rings (SSSR count). The minimum Gasteiger partial charge on any atom is -0.467 e. The molecule has 2 aromatic rings. The highest BCUT2D eigenvalue weighted by Crippen LogP contribution is 2.16. The van der Waals surface area contributed by atoms with E-state index in [0.717, 1.165) is 4.47 Å². The molecule has 0 atom stereocenters. The molecule has 4 heteroatoms. The summed E-state index contributed by atoms with van der Waals surface area (Å²) in [6.07, 6.45) is 1.58. The number of hydrogen-bond donors (Lipinski definition) is 0. The predicted octanol–water partition coefficient (Wildman–Crippen LogP) is 3.44. The second-order valence-corrected chi connectivity index (χ2v) is 4.33. The minimum absolute atomic E-state index is 0.0450. The van der Waals surface area contributed by atoms with E-state index in [0.29, 0.717) is 17.9 Å². The average molecular weight is 295 g/mol. The lowest BCUT2D eigenvalue weighted by molar-refractivity contribution is 0.0690. The maximum absolute atomic E-state index is 11.8. The van der Waals surface area contributed by atoms with Crippen molar-refractivity contribution < 1.29 is 13.9 Å². The molecule has 1 aromatic carbocycles. The Hall–Kier alpha value is -1.39. The molecule has 1 heterocycles. The van der Waals surface area contributed by atoms with Crippen LogP contribution >= 0.6 is 15.9 Å². The van der Waals surface area contributed by atoms with Crippen molar-refractivity contribution in [3.05, 3.63) is 58.5 Å². The molecule has 17 heavy (non-hydrogen) atoms. The zero-order valence-electron chi connectivity index (χ0n) is 9.06. The van der Waals surface area contributed by atoms with Gasteiger partial charge in [0.1, 0.15) is 19.0 Å². The van der Waals surface area contributed by atoms with Crippen molar-refractivity contribution in [1.29, 1.82) is 0 Å². The van der Waals surface area contributed by atoms with E-state index in [2.05, 4.69) is 15.9 Å². The number of rotatable bonds is 5. The smallest absolute Gasteiger partial charge is 0.189 e. The van der Waals surface area contributed by atoms with Crippen molar-refractivity contribution in [2.75, 3.05) is 6.61 Å². The van der Waals surface area contributed by atoms with E-state index in [1.54, 1.807) is 18.4 Å². The summed E-state index contributed by atoms with van der Waals surface area (Å²) in [4.78, 5) is 11.8. The number of ketones is 1. The number of carbonyl (C=O) groups excluding carboxylic acids is 1. The van der Waals surface area contributed by atoms with Crippen LogP contribution in [-0.4, -0.2) is 12.4 Å². The van der Waals surface area contributed by atoms with Gasteiger partial charge in [-0.1, -0.05) is 34.1 Å². The van der Waals surface area contributed by atoms with Gasteiger partial charge in [-0.2, -0.15) is 0 Å². The predicted molar refractivity (Wildman–Crippen MR) is 66.8 cm³/mol. The molecule has 0 fully saturated rings. The summed E-state index contributed by atoms with van der Waals surface area (Å²) in [5, 5.41) is 0. The number of Topliss-reactive ketones (excluding diaryl/α,β-unsaturated/α-hetero) is 1. The van der Waals surface area contributed by atoms with Gasteiger partial charge < -0.3 is 9.15 Å². The number of halogens is 1. The molecule has 0 amide bonds. The molecule has 0 N–H and O–H groups in total. The van der Waals surface area contributed by atoms with E-state index in [1.165, 1.54) is 0 Å². The van der Waals surface area contributed by atoms with E-state index < -0.39 is 0 Å². The summed E-state index contributed by atoms with van der Waals surface area (Å²) in [5.41, 5.74) is 0.631. The van der Waals surface area contributed by atoms with Crippen LogP contribution in [0.25, 0.3) is 0 Å². The summed E-state index contributed by atoms with van der Waals surface area (Å²) in [6.45, 7) is 0.354. The third-order valence-electron chi connectivity index (χ3n) is 2.23. The molecular weight excluding hydrogens is 284 g/mol. The SMILES string of the molecule is O=C(COCc1ccco1)c1ccccc1Br. The lowest BCUT2D eigenvalue weighted by Crippen LogP contribution is -2.09. The van der Waals surface area contributed by atoms with Crippen molar-refractivity contribution in [3.63, 3.8) is 0 Å². The van der Waals surface area contributed by atoms with E-state index in [-0.39, 0.29) is 12.4 Å². The molecule has 1 aromatic heterocycles. The van der Waals surface area contributed by atoms with E-state index in [1.807, 2.05) is 24.3 Å². The van der Waals surface area contributed by atoms with Crippen molar-refractivity contribution in [3.8, 4) is 0 Å². The Morgan fingerprint density at radius 3 is 2.76 bits per heavy atom. The molecule has 88 valence electrons. The first-order chi connectivity index (χ1) is 8.27. The number of hydrogen-bond acceptors (Lipinski definition) is 3. The number of ether oxygens (including phenoxy) is 1. The number of furan rings is 1. The fourth-order valence-corrected chi connectivity index (χ4v) is 1.91. The standard InChI is InChI=1S/C13H11BrO3/c14-12-6-2-1-5-11(12)13(15)9-16-8-10-4-3-7-17-10/h1-7H,8-9H2. The van der Waals surface area contributed by atoms with Crippen LogP contribution in [-0.2, 0) is 11.3 Å². The monoisotopic (exact) mass is 294 g/mol. The minimum atomic E-state index is -0.0518. The maximum Gasteiger partial charge on any atom is 0.189 e. The van der Waals surface area contributed by atoms with E-state index in [4.69, 9.17) is 9.15 Å². The quantitative estimate of drug-likeness (QED) is 0.793. The largest absolute Gasteiger partial charge is 0.467 e. The molecular formula is C13H11BrO3. The molecule has 0 bridgehead atoms. The summed E-state index contributed by atoms with van der Waals surface area (Å²) in [5.74, 6) is 0.661. The highest BCUT2D eigenvalue weighted by molar-refractivity contribution is 9.10. The van der Waals surface area contributed by atoms with Crippen molar-refractivity contribution >= 4 is 21.7 Å². The fourth-order valence-electron chi connectivity index (χ4n) is 1.40. The zero-order chi connectivity index (χ0) is 12.1. The summed E-state index contributed by atoms with van der Waals surface area (Å²) >= 11 is 3.33. The molecule has 0 aliphatic rings. The Bertz CT molecular complexity index is 491. The molecule has 0 aliphatic heterocycles. The maximum atomic E-state index is 11.8. The van der Waals surface area contributed by atoms with Gasteiger partial charge in [-0.15, -0.1) is 0 Å². The highest BCUT2D eigenvalue weighted by Gasteiger charge is 2.09. The summed E-state index contributed by atoms with van der Waals surface area (Å²) < 4.78 is 11.2. The van der Waals surface area contributed by atoms with Crippen LogP contribution in [0.5, 0.6) is 0 Å². The van der Waals surface area contributed by atoms with Gasteiger partial charge in [0.15, 0.2) is 5.78 Å². The molecule has 0 aliphatic carbocycles. The van der Waals surface area contributed by atoms with Crippen LogP contribution in [0.2, 0.25) is 0 Å². The molecule has 0 unspecified atom stereocenters. The Morgan fingerprint density at radius 2 is 2.06 bits per heavy atom. The van der Waals surface area contributed by atoms with Gasteiger partial charge in [-0.3, -0.25) is 4.79 Å². The van der Waals surface area contributed by atoms with Crippen molar-refractivity contribution in [1.82, 2.24) is 0 Å². The third kappa shape index (κ3) is 3.28. The van der Waals surface area contributed by atoms with Gasteiger partial charge in [0.05, 0.1) is 6.26 Å².